The SMILES string of the molecule is COc1ccc(C2CCCN2C(=O)c2ccc(Cl)cc2F)cc1OC. The Balaban J connectivity index is 1.91. The van der Waals surface area contributed by atoms with Crippen LogP contribution in [0.3, 0.4) is 0 Å². The van der Waals surface area contributed by atoms with Crippen LogP contribution in [-0.4, -0.2) is 31.6 Å². The van der Waals surface area contributed by atoms with E-state index in [2.05, 4.69) is 0 Å². The molecule has 0 N–H and O–H groups in total. The number of benzene rings is 2. The van der Waals surface area contributed by atoms with Gasteiger partial charge < -0.3 is 14.4 Å². The molecule has 2 aromatic carbocycles. The fourth-order valence-corrected chi connectivity index (χ4v) is 3.39. The van der Waals surface area contributed by atoms with Crippen LogP contribution in [0.4, 0.5) is 4.39 Å². The molecule has 0 spiro atoms. The first-order chi connectivity index (χ1) is 12.0. The van der Waals surface area contributed by atoms with E-state index in [1.54, 1.807) is 19.1 Å². The topological polar surface area (TPSA) is 38.8 Å². The predicted octanol–water partition coefficient (Wildman–Crippen LogP) is 4.47. The van der Waals surface area contributed by atoms with Gasteiger partial charge in [-0.3, -0.25) is 4.79 Å². The molecule has 0 aliphatic carbocycles. The molecule has 0 bridgehead atoms. The van der Waals surface area contributed by atoms with Crippen LogP contribution in [0, 0.1) is 5.82 Å². The molecule has 1 aliphatic heterocycles. The summed E-state index contributed by atoms with van der Waals surface area (Å²) in [6.45, 7) is 0.583. The molecule has 4 nitrogen and oxygen atoms in total. The van der Waals surface area contributed by atoms with Gasteiger partial charge in [-0.1, -0.05) is 17.7 Å². The number of ether oxygens (including phenoxy) is 2. The molecule has 1 saturated heterocycles. The average molecular weight is 364 g/mol. The van der Waals surface area contributed by atoms with Crippen molar-refractivity contribution in [2.24, 2.45) is 0 Å². The molecule has 25 heavy (non-hydrogen) atoms. The van der Waals surface area contributed by atoms with Crippen molar-refractivity contribution in [3.63, 3.8) is 0 Å². The van der Waals surface area contributed by atoms with E-state index in [-0.39, 0.29) is 22.5 Å². The van der Waals surface area contributed by atoms with E-state index in [9.17, 15) is 9.18 Å². The van der Waals surface area contributed by atoms with Gasteiger partial charge in [0.25, 0.3) is 5.91 Å². The lowest BCUT2D eigenvalue weighted by atomic mass is 10.0. The Morgan fingerprint density at radius 1 is 1.16 bits per heavy atom. The molecular formula is C19H19ClFNO3. The van der Waals surface area contributed by atoms with Gasteiger partial charge in [-0.15, -0.1) is 0 Å². The molecule has 1 amide bonds. The standard InChI is InChI=1S/C19H19ClFNO3/c1-24-17-8-5-12(10-18(17)25-2)16-4-3-9-22(16)19(23)14-7-6-13(20)11-15(14)21/h5-8,10-11,16H,3-4,9H2,1-2H3. The molecule has 6 heteroatoms. The summed E-state index contributed by atoms with van der Waals surface area (Å²) in [5, 5.41) is 0.270. The van der Waals surface area contributed by atoms with Crippen LogP contribution in [0.1, 0.15) is 34.8 Å². The Labute approximate surface area is 151 Å². The second-order valence-corrected chi connectivity index (χ2v) is 6.33. The maximum atomic E-state index is 14.1. The van der Waals surface area contributed by atoms with Gasteiger partial charge in [-0.05, 0) is 48.7 Å². The van der Waals surface area contributed by atoms with E-state index in [0.717, 1.165) is 24.5 Å². The molecule has 1 unspecified atom stereocenters. The largest absolute Gasteiger partial charge is 0.493 e. The third-order valence-electron chi connectivity index (χ3n) is 4.47. The molecule has 3 rings (SSSR count). The van der Waals surface area contributed by atoms with Crippen molar-refractivity contribution in [1.29, 1.82) is 0 Å². The monoisotopic (exact) mass is 363 g/mol. The lowest BCUT2D eigenvalue weighted by Crippen LogP contribution is -2.31. The van der Waals surface area contributed by atoms with E-state index in [0.29, 0.717) is 18.0 Å². The predicted molar refractivity (Wildman–Crippen MR) is 94.0 cm³/mol. The molecular weight excluding hydrogens is 345 g/mol. The van der Waals surface area contributed by atoms with Gasteiger partial charge in [0.2, 0.25) is 0 Å². The number of rotatable bonds is 4. The molecule has 1 atom stereocenters. The third-order valence-corrected chi connectivity index (χ3v) is 4.70. The zero-order valence-electron chi connectivity index (χ0n) is 14.1. The Kier molecular flexibility index (Phi) is 5.13. The van der Waals surface area contributed by atoms with Crippen LogP contribution >= 0.6 is 11.6 Å². The number of hydrogen-bond donors (Lipinski definition) is 0. The van der Waals surface area contributed by atoms with E-state index in [1.807, 2.05) is 18.2 Å². The van der Waals surface area contributed by atoms with Crippen molar-refractivity contribution in [3.05, 3.63) is 58.4 Å². The van der Waals surface area contributed by atoms with Crippen LogP contribution in [0.5, 0.6) is 11.5 Å². The van der Waals surface area contributed by atoms with Gasteiger partial charge in [0, 0.05) is 11.6 Å². The van der Waals surface area contributed by atoms with E-state index in [4.69, 9.17) is 21.1 Å². The number of likely N-dealkylation sites (tertiary alicyclic amines) is 1. The normalized spacial score (nSPS) is 16.8. The third kappa shape index (κ3) is 3.42. The lowest BCUT2D eigenvalue weighted by molar-refractivity contribution is 0.0730. The van der Waals surface area contributed by atoms with E-state index in [1.165, 1.54) is 12.1 Å². The van der Waals surface area contributed by atoms with Gasteiger partial charge >= 0.3 is 0 Å². The van der Waals surface area contributed by atoms with Gasteiger partial charge in [0.1, 0.15) is 5.82 Å². The van der Waals surface area contributed by atoms with Crippen LogP contribution in [0.25, 0.3) is 0 Å². The fraction of sp³-hybridized carbons (Fsp3) is 0.316. The highest BCUT2D eigenvalue weighted by atomic mass is 35.5. The molecule has 1 fully saturated rings. The second kappa shape index (κ2) is 7.31. The van der Waals surface area contributed by atoms with Gasteiger partial charge in [-0.2, -0.15) is 0 Å². The summed E-state index contributed by atoms with van der Waals surface area (Å²) in [6.07, 6.45) is 1.68. The minimum Gasteiger partial charge on any atom is -0.493 e. The Morgan fingerprint density at radius 2 is 1.92 bits per heavy atom. The lowest BCUT2D eigenvalue weighted by Gasteiger charge is -2.26. The summed E-state index contributed by atoms with van der Waals surface area (Å²) in [4.78, 5) is 14.5. The minimum absolute atomic E-state index is 0.0387. The number of hydrogen-bond acceptors (Lipinski definition) is 3. The summed E-state index contributed by atoms with van der Waals surface area (Å²) in [5.41, 5.74) is 0.981. The number of methoxy groups -OCH3 is 2. The number of carbonyl (C=O) groups is 1. The maximum Gasteiger partial charge on any atom is 0.257 e. The highest BCUT2D eigenvalue weighted by molar-refractivity contribution is 6.30. The molecule has 0 radical (unpaired) electrons. The summed E-state index contributed by atoms with van der Waals surface area (Å²) in [7, 11) is 3.15. The Hall–Kier alpha value is -2.27. The fourth-order valence-electron chi connectivity index (χ4n) is 3.23. The van der Waals surface area contributed by atoms with Crippen molar-refractivity contribution in [1.82, 2.24) is 4.90 Å². The van der Waals surface area contributed by atoms with Crippen molar-refractivity contribution in [2.75, 3.05) is 20.8 Å². The highest BCUT2D eigenvalue weighted by Gasteiger charge is 2.32. The Morgan fingerprint density at radius 3 is 2.60 bits per heavy atom. The first kappa shape index (κ1) is 17.5. The summed E-state index contributed by atoms with van der Waals surface area (Å²) in [6, 6.07) is 9.60. The maximum absolute atomic E-state index is 14.1. The first-order valence-corrected chi connectivity index (χ1v) is 8.41. The van der Waals surface area contributed by atoms with E-state index >= 15 is 0 Å². The van der Waals surface area contributed by atoms with Crippen LogP contribution in [0.15, 0.2) is 36.4 Å². The quantitative estimate of drug-likeness (QED) is 0.804. The van der Waals surface area contributed by atoms with Crippen LogP contribution in [0.2, 0.25) is 5.02 Å². The number of nitrogens with zero attached hydrogens (tertiary/aromatic N) is 1. The summed E-state index contributed by atoms with van der Waals surface area (Å²) in [5.74, 6) is 0.310. The molecule has 1 heterocycles. The highest BCUT2D eigenvalue weighted by Crippen LogP contribution is 2.37. The van der Waals surface area contributed by atoms with Crippen molar-refractivity contribution < 1.29 is 18.7 Å². The molecule has 2 aromatic rings. The second-order valence-electron chi connectivity index (χ2n) is 5.90. The average Bonchev–Trinajstić information content (AvgIpc) is 3.10. The van der Waals surface area contributed by atoms with Gasteiger partial charge in [-0.25, -0.2) is 4.39 Å². The van der Waals surface area contributed by atoms with Crippen molar-refractivity contribution in [3.8, 4) is 11.5 Å². The smallest absolute Gasteiger partial charge is 0.257 e. The van der Waals surface area contributed by atoms with Crippen LogP contribution < -0.4 is 9.47 Å². The summed E-state index contributed by atoms with van der Waals surface area (Å²) >= 11 is 5.78. The zero-order valence-corrected chi connectivity index (χ0v) is 14.8. The molecule has 132 valence electrons. The van der Waals surface area contributed by atoms with Gasteiger partial charge in [0.15, 0.2) is 11.5 Å². The van der Waals surface area contributed by atoms with E-state index < -0.39 is 5.82 Å². The van der Waals surface area contributed by atoms with Crippen molar-refractivity contribution in [2.45, 2.75) is 18.9 Å². The number of amides is 1. The van der Waals surface area contributed by atoms with Crippen molar-refractivity contribution >= 4 is 17.5 Å². The number of halogens is 2. The van der Waals surface area contributed by atoms with Crippen LogP contribution in [-0.2, 0) is 0 Å². The number of carbonyl (C=O) groups excluding carboxylic acids is 1. The minimum atomic E-state index is -0.601. The van der Waals surface area contributed by atoms with Gasteiger partial charge in [0.05, 0.1) is 25.8 Å². The molecule has 0 aromatic heterocycles. The summed E-state index contributed by atoms with van der Waals surface area (Å²) < 4.78 is 24.7. The molecule has 1 aliphatic rings. The zero-order chi connectivity index (χ0) is 18.0. The Bertz CT molecular complexity index is 796. The molecule has 0 saturated carbocycles. The first-order valence-electron chi connectivity index (χ1n) is 8.03.